The van der Waals surface area contributed by atoms with Gasteiger partial charge in [0.15, 0.2) is 12.1 Å². The van der Waals surface area contributed by atoms with Gasteiger partial charge < -0.3 is 33.9 Å². The summed E-state index contributed by atoms with van der Waals surface area (Å²) in [5.74, 6) is -1.00. The van der Waals surface area contributed by atoms with E-state index in [1.807, 2.05) is 39.8 Å². The van der Waals surface area contributed by atoms with Crippen LogP contribution in [0.25, 0.3) is 0 Å². The number of ether oxygens (including phenoxy) is 4. The number of cyclic esters (lactones) is 1. The highest BCUT2D eigenvalue weighted by molar-refractivity contribution is 6.04. The summed E-state index contributed by atoms with van der Waals surface area (Å²) in [6.07, 6.45) is 1.32. The molecule has 262 valence electrons. The SMILES string of the molecule is CCCN1CCC(C2[C@@H](C)OC(=O)C(C)(C)C(=O)[C@H](C)[C@@H](O[C@@H]3O[C@H](C)C[C@H](N(C)C)[C@H]3O)[C@](C)(OC)C[C@@H](C)CN2C)CC1. The molecule has 45 heavy (non-hydrogen) atoms. The maximum Gasteiger partial charge on any atom is 0.319 e. The van der Waals surface area contributed by atoms with Gasteiger partial charge in [0.25, 0.3) is 0 Å². The van der Waals surface area contributed by atoms with Crippen molar-refractivity contribution >= 4 is 11.8 Å². The van der Waals surface area contributed by atoms with Crippen LogP contribution in [0.5, 0.6) is 0 Å². The minimum Gasteiger partial charge on any atom is -0.460 e. The van der Waals surface area contributed by atoms with Gasteiger partial charge in [-0.3, -0.25) is 14.5 Å². The quantitative estimate of drug-likeness (QED) is 0.327. The third kappa shape index (κ3) is 8.86. The number of esters is 1. The highest BCUT2D eigenvalue weighted by Crippen LogP contribution is 2.39. The first-order chi connectivity index (χ1) is 21.0. The zero-order valence-electron chi connectivity index (χ0n) is 30.4. The molecule has 3 rings (SSSR count). The van der Waals surface area contributed by atoms with Crippen LogP contribution in [0.3, 0.4) is 0 Å². The lowest BCUT2D eigenvalue weighted by Gasteiger charge is -2.47. The fraction of sp³-hybridized carbons (Fsp3) is 0.943. The summed E-state index contributed by atoms with van der Waals surface area (Å²) in [7, 11) is 7.65. The Labute approximate surface area is 273 Å². The molecule has 3 saturated heterocycles. The van der Waals surface area contributed by atoms with E-state index in [1.165, 1.54) is 0 Å². The third-order valence-electron chi connectivity index (χ3n) is 10.9. The lowest BCUT2D eigenvalue weighted by Crippen LogP contribution is -2.59. The first-order valence-corrected chi connectivity index (χ1v) is 17.3. The molecule has 3 aliphatic heterocycles. The van der Waals surface area contributed by atoms with Crippen molar-refractivity contribution in [2.75, 3.05) is 54.4 Å². The molecule has 0 aromatic carbocycles. The molecule has 0 amide bonds. The van der Waals surface area contributed by atoms with Crippen molar-refractivity contribution in [3.05, 3.63) is 0 Å². The number of Topliss-reactive ketones (excluding diaryl/α,β-unsaturated/α-hetero) is 1. The van der Waals surface area contributed by atoms with Gasteiger partial charge in [-0.15, -0.1) is 0 Å². The lowest BCUT2D eigenvalue weighted by atomic mass is 9.74. The first kappa shape index (κ1) is 38.3. The number of ketones is 1. The van der Waals surface area contributed by atoms with Crippen LogP contribution in [-0.4, -0.2) is 134 Å². The number of piperidine rings is 1. The van der Waals surface area contributed by atoms with Gasteiger partial charge in [0.2, 0.25) is 0 Å². The van der Waals surface area contributed by atoms with Gasteiger partial charge in [-0.25, -0.2) is 0 Å². The van der Waals surface area contributed by atoms with Crippen molar-refractivity contribution in [3.8, 4) is 0 Å². The van der Waals surface area contributed by atoms with Crippen molar-refractivity contribution in [3.63, 3.8) is 0 Å². The zero-order valence-corrected chi connectivity index (χ0v) is 30.4. The Morgan fingerprint density at radius 1 is 1.07 bits per heavy atom. The molecular formula is C35H65N3O7. The van der Waals surface area contributed by atoms with E-state index >= 15 is 0 Å². The number of carbonyl (C=O) groups is 2. The van der Waals surface area contributed by atoms with Crippen molar-refractivity contribution < 1.29 is 33.6 Å². The normalized spacial score (nSPS) is 40.4. The molecule has 0 bridgehead atoms. The number of hydrogen-bond donors (Lipinski definition) is 1. The van der Waals surface area contributed by atoms with E-state index in [0.29, 0.717) is 18.8 Å². The number of rotatable bonds is 7. The molecule has 10 atom stereocenters. The molecular weight excluding hydrogens is 574 g/mol. The second-order valence-corrected chi connectivity index (χ2v) is 15.5. The topological polar surface area (TPSA) is 101 Å². The van der Waals surface area contributed by atoms with Crippen molar-refractivity contribution in [1.29, 1.82) is 0 Å². The van der Waals surface area contributed by atoms with Gasteiger partial charge in [0.05, 0.1) is 17.8 Å². The summed E-state index contributed by atoms with van der Waals surface area (Å²) >= 11 is 0. The van der Waals surface area contributed by atoms with Crippen LogP contribution in [0.2, 0.25) is 0 Å². The molecule has 3 fully saturated rings. The van der Waals surface area contributed by atoms with E-state index in [-0.39, 0.29) is 36.0 Å². The van der Waals surface area contributed by atoms with Crippen molar-refractivity contribution in [2.45, 2.75) is 136 Å². The number of methoxy groups -OCH3 is 1. The molecule has 1 N–H and O–H groups in total. The lowest BCUT2D eigenvalue weighted by molar-refractivity contribution is -0.295. The molecule has 0 radical (unpaired) electrons. The molecule has 10 nitrogen and oxygen atoms in total. The molecule has 0 aromatic rings. The Kier molecular flexibility index (Phi) is 13.5. The number of carbonyl (C=O) groups excluding carboxylic acids is 2. The third-order valence-corrected chi connectivity index (χ3v) is 10.9. The van der Waals surface area contributed by atoms with Crippen LogP contribution in [0.1, 0.15) is 87.5 Å². The maximum atomic E-state index is 14.3. The van der Waals surface area contributed by atoms with Crippen LogP contribution in [0.4, 0.5) is 0 Å². The predicted octanol–water partition coefficient (Wildman–Crippen LogP) is 3.83. The average Bonchev–Trinajstić information content (AvgIpc) is 2.96. The minimum absolute atomic E-state index is 0.0281. The summed E-state index contributed by atoms with van der Waals surface area (Å²) < 4.78 is 25.3. The number of nitrogens with zero attached hydrogens (tertiary/aromatic N) is 3. The number of likely N-dealkylation sites (tertiary alicyclic amines) is 1. The van der Waals surface area contributed by atoms with Crippen molar-refractivity contribution in [1.82, 2.24) is 14.7 Å². The number of aliphatic hydroxyl groups excluding tert-OH is 1. The summed E-state index contributed by atoms with van der Waals surface area (Å²) in [5.41, 5.74) is -2.32. The van der Waals surface area contributed by atoms with Gasteiger partial charge in [0, 0.05) is 31.7 Å². The monoisotopic (exact) mass is 639 g/mol. The van der Waals surface area contributed by atoms with Crippen molar-refractivity contribution in [2.24, 2.45) is 23.2 Å². The summed E-state index contributed by atoms with van der Waals surface area (Å²) in [6.45, 7) is 19.4. The Morgan fingerprint density at radius 3 is 2.24 bits per heavy atom. The Bertz CT molecular complexity index is 971. The average molecular weight is 640 g/mol. The molecule has 0 saturated carbocycles. The largest absolute Gasteiger partial charge is 0.460 e. The highest BCUT2D eigenvalue weighted by Gasteiger charge is 2.52. The molecule has 3 heterocycles. The first-order valence-electron chi connectivity index (χ1n) is 17.3. The van der Waals surface area contributed by atoms with E-state index in [9.17, 15) is 14.7 Å². The molecule has 1 unspecified atom stereocenters. The van der Waals surface area contributed by atoms with Crippen LogP contribution in [-0.2, 0) is 28.5 Å². The number of likely N-dealkylation sites (N-methyl/N-ethyl adjacent to an activating group) is 2. The standard InChI is InChI=1S/C35H65N3O7/c1-13-16-38-17-14-26(15-18-38)28-25(5)44-33(41)34(6,7)30(40)24(4)31(35(8,42-12)20-22(2)21-37(28)11)45-32-29(39)27(36(9)10)19-23(3)43-32/h22-29,31-32,39H,13-21H2,1-12H3/t22-,23-,24+,25-,27+,28?,29-,31-,32+,35-/m1/s1. The fourth-order valence-electron chi connectivity index (χ4n) is 8.40. The van der Waals surface area contributed by atoms with Gasteiger partial charge >= 0.3 is 5.97 Å². The van der Waals surface area contributed by atoms with E-state index in [0.717, 1.165) is 45.4 Å². The molecule has 0 spiro atoms. The summed E-state index contributed by atoms with van der Waals surface area (Å²) in [5, 5.41) is 11.3. The van der Waals surface area contributed by atoms with Gasteiger partial charge in [0.1, 0.15) is 17.6 Å². The minimum atomic E-state index is -1.41. The number of aliphatic hydroxyl groups is 1. The molecule has 10 heteroatoms. The van der Waals surface area contributed by atoms with Crippen LogP contribution in [0, 0.1) is 23.2 Å². The van der Waals surface area contributed by atoms with Crippen LogP contribution < -0.4 is 0 Å². The van der Waals surface area contributed by atoms with E-state index in [1.54, 1.807) is 27.9 Å². The maximum absolute atomic E-state index is 14.3. The predicted molar refractivity (Wildman–Crippen MR) is 176 cm³/mol. The smallest absolute Gasteiger partial charge is 0.319 e. The summed E-state index contributed by atoms with van der Waals surface area (Å²) in [4.78, 5) is 35.1. The number of hydrogen-bond acceptors (Lipinski definition) is 10. The van der Waals surface area contributed by atoms with Crippen LogP contribution in [0.15, 0.2) is 0 Å². The van der Waals surface area contributed by atoms with E-state index in [4.69, 9.17) is 18.9 Å². The second-order valence-electron chi connectivity index (χ2n) is 15.5. The molecule has 0 aromatic heterocycles. The van der Waals surface area contributed by atoms with Gasteiger partial charge in [-0.05, 0) is 119 Å². The highest BCUT2D eigenvalue weighted by atomic mass is 16.7. The second kappa shape index (κ2) is 15.8. The zero-order chi connectivity index (χ0) is 33.9. The van der Waals surface area contributed by atoms with E-state index in [2.05, 4.69) is 30.7 Å². The summed E-state index contributed by atoms with van der Waals surface area (Å²) in [6, 6.07) is -0.139. The Morgan fingerprint density at radius 2 is 1.69 bits per heavy atom. The van der Waals surface area contributed by atoms with Crippen LogP contribution >= 0.6 is 0 Å². The molecule has 3 aliphatic rings. The van der Waals surface area contributed by atoms with Gasteiger partial charge in [-0.2, -0.15) is 0 Å². The fourth-order valence-corrected chi connectivity index (χ4v) is 8.40. The molecule has 0 aliphatic carbocycles. The Hall–Kier alpha value is -1.14. The Balaban J connectivity index is 1.99. The van der Waals surface area contributed by atoms with Gasteiger partial charge in [-0.1, -0.05) is 20.8 Å². The van der Waals surface area contributed by atoms with E-state index < -0.39 is 41.4 Å².